The first-order valence-corrected chi connectivity index (χ1v) is 6.99. The first kappa shape index (κ1) is 12.6. The molecule has 1 rings (SSSR count). The van der Waals surface area contributed by atoms with E-state index < -0.39 is 10.0 Å². The molecule has 0 aromatic carbocycles. The minimum absolute atomic E-state index is 0.126. The third kappa shape index (κ3) is 3.57. The Hall–Kier alpha value is -0.430. The fraction of sp³-hybridized carbons (Fsp3) is 0.556. The predicted molar refractivity (Wildman–Crippen MR) is 62.8 cm³/mol. The van der Waals surface area contributed by atoms with Crippen molar-refractivity contribution in [1.82, 2.24) is 10.0 Å². The summed E-state index contributed by atoms with van der Waals surface area (Å²) in [4.78, 5) is 0.997. The molecule has 1 unspecified atom stereocenters. The number of sulfonamides is 1. The van der Waals surface area contributed by atoms with E-state index in [0.717, 1.165) is 4.88 Å². The van der Waals surface area contributed by atoms with Crippen molar-refractivity contribution in [3.8, 4) is 0 Å². The molecule has 2 N–H and O–H groups in total. The molecule has 6 heteroatoms. The molecule has 0 amide bonds. The molecule has 4 nitrogen and oxygen atoms in total. The van der Waals surface area contributed by atoms with Crippen LogP contribution in [0.2, 0.25) is 0 Å². The Balaban J connectivity index is 2.68. The Bertz CT molecular complexity index is 412. The van der Waals surface area contributed by atoms with E-state index in [0.29, 0.717) is 10.8 Å². The molecule has 0 spiro atoms. The van der Waals surface area contributed by atoms with Gasteiger partial charge in [-0.2, -0.15) is 0 Å². The van der Waals surface area contributed by atoms with Gasteiger partial charge in [-0.3, -0.25) is 0 Å². The zero-order chi connectivity index (χ0) is 11.5. The Morgan fingerprint density at radius 1 is 1.47 bits per heavy atom. The smallest absolute Gasteiger partial charge is 0.250 e. The van der Waals surface area contributed by atoms with Crippen molar-refractivity contribution in [3.63, 3.8) is 0 Å². The molecule has 86 valence electrons. The standard InChI is InChI=1S/C9H16N2O2S2/c1-7(10-3)6-11-15(12,13)9-5-4-8(2)14-9/h4-5,7,10-11H,6H2,1-3H3. The van der Waals surface area contributed by atoms with Crippen molar-refractivity contribution in [2.24, 2.45) is 0 Å². The molecule has 1 aromatic rings. The third-order valence-corrected chi connectivity index (χ3v) is 4.97. The molecule has 0 aliphatic rings. The normalized spacial score (nSPS) is 14.1. The summed E-state index contributed by atoms with van der Waals surface area (Å²) in [6.07, 6.45) is 0. The van der Waals surface area contributed by atoms with Gasteiger partial charge in [-0.05, 0) is 33.0 Å². The molecule has 0 aliphatic carbocycles. The minimum atomic E-state index is -3.32. The first-order chi connectivity index (χ1) is 6.95. The molecular formula is C9H16N2O2S2. The van der Waals surface area contributed by atoms with E-state index in [1.807, 2.05) is 13.8 Å². The molecular weight excluding hydrogens is 232 g/mol. The summed E-state index contributed by atoms with van der Waals surface area (Å²) in [6, 6.07) is 3.56. The summed E-state index contributed by atoms with van der Waals surface area (Å²) in [6.45, 7) is 4.21. The lowest BCUT2D eigenvalue weighted by Gasteiger charge is -2.10. The average molecular weight is 248 g/mol. The lowest BCUT2D eigenvalue weighted by atomic mass is 10.4. The Morgan fingerprint density at radius 3 is 2.60 bits per heavy atom. The van der Waals surface area contributed by atoms with E-state index in [2.05, 4.69) is 10.0 Å². The highest BCUT2D eigenvalue weighted by Crippen LogP contribution is 2.19. The SMILES string of the molecule is CNC(C)CNS(=O)(=O)c1ccc(C)s1. The van der Waals surface area contributed by atoms with Gasteiger partial charge in [-0.1, -0.05) is 0 Å². The van der Waals surface area contributed by atoms with Gasteiger partial charge >= 0.3 is 0 Å². The maximum atomic E-state index is 11.7. The number of rotatable bonds is 5. The van der Waals surface area contributed by atoms with Crippen molar-refractivity contribution < 1.29 is 8.42 Å². The molecule has 0 saturated heterocycles. The van der Waals surface area contributed by atoms with E-state index in [9.17, 15) is 8.42 Å². The molecule has 0 bridgehead atoms. The summed E-state index contributed by atoms with van der Waals surface area (Å²) in [5.74, 6) is 0. The van der Waals surface area contributed by atoms with Gasteiger partial charge in [0.05, 0.1) is 0 Å². The van der Waals surface area contributed by atoms with Crippen molar-refractivity contribution in [2.45, 2.75) is 24.1 Å². The van der Waals surface area contributed by atoms with Crippen LogP contribution in [0.1, 0.15) is 11.8 Å². The molecule has 1 atom stereocenters. The van der Waals surface area contributed by atoms with Crippen molar-refractivity contribution in [3.05, 3.63) is 17.0 Å². The summed E-state index contributed by atoms with van der Waals surface area (Å²) in [5, 5.41) is 2.97. The fourth-order valence-corrected chi connectivity index (χ4v) is 3.42. The monoisotopic (exact) mass is 248 g/mol. The van der Waals surface area contributed by atoms with Crippen LogP contribution >= 0.6 is 11.3 Å². The highest BCUT2D eigenvalue weighted by atomic mass is 32.2. The van der Waals surface area contributed by atoms with Gasteiger partial charge in [0.1, 0.15) is 4.21 Å². The zero-order valence-electron chi connectivity index (χ0n) is 9.07. The summed E-state index contributed by atoms with van der Waals surface area (Å²) in [7, 11) is -1.52. The number of hydrogen-bond acceptors (Lipinski definition) is 4. The second-order valence-electron chi connectivity index (χ2n) is 3.41. The van der Waals surface area contributed by atoms with Crippen LogP contribution in [0.4, 0.5) is 0 Å². The van der Waals surface area contributed by atoms with Gasteiger partial charge in [0.25, 0.3) is 0 Å². The third-order valence-electron chi connectivity index (χ3n) is 2.05. The van der Waals surface area contributed by atoms with Crippen LogP contribution in [0.5, 0.6) is 0 Å². The fourth-order valence-electron chi connectivity index (χ4n) is 0.964. The van der Waals surface area contributed by atoms with Crippen LogP contribution in [0.15, 0.2) is 16.3 Å². The van der Waals surface area contributed by atoms with Gasteiger partial charge in [0, 0.05) is 17.5 Å². The average Bonchev–Trinajstić information content (AvgIpc) is 2.62. The quantitative estimate of drug-likeness (QED) is 0.815. The van der Waals surface area contributed by atoms with Crippen LogP contribution in [0.3, 0.4) is 0 Å². The van der Waals surface area contributed by atoms with Crippen LogP contribution in [-0.2, 0) is 10.0 Å². The molecule has 0 radical (unpaired) electrons. The van der Waals surface area contributed by atoms with Gasteiger partial charge in [-0.15, -0.1) is 11.3 Å². The van der Waals surface area contributed by atoms with E-state index in [1.54, 1.807) is 19.2 Å². The zero-order valence-corrected chi connectivity index (χ0v) is 10.7. The Kier molecular flexibility index (Phi) is 4.27. The predicted octanol–water partition coefficient (Wildman–Crippen LogP) is 0.943. The largest absolute Gasteiger partial charge is 0.316 e. The number of hydrogen-bond donors (Lipinski definition) is 2. The Morgan fingerprint density at radius 2 is 2.13 bits per heavy atom. The highest BCUT2D eigenvalue weighted by Gasteiger charge is 2.16. The maximum absolute atomic E-state index is 11.7. The number of nitrogens with one attached hydrogen (secondary N) is 2. The number of aryl methyl sites for hydroxylation is 1. The van der Waals surface area contributed by atoms with Crippen LogP contribution < -0.4 is 10.0 Å². The van der Waals surface area contributed by atoms with Crippen LogP contribution in [0, 0.1) is 6.92 Å². The van der Waals surface area contributed by atoms with Crippen LogP contribution in [-0.4, -0.2) is 28.1 Å². The second kappa shape index (κ2) is 5.07. The van der Waals surface area contributed by atoms with Crippen molar-refractivity contribution in [2.75, 3.05) is 13.6 Å². The first-order valence-electron chi connectivity index (χ1n) is 4.69. The summed E-state index contributed by atoms with van der Waals surface area (Å²) < 4.78 is 26.4. The number of likely N-dealkylation sites (N-methyl/N-ethyl adjacent to an activating group) is 1. The minimum Gasteiger partial charge on any atom is -0.316 e. The maximum Gasteiger partial charge on any atom is 0.250 e. The van der Waals surface area contributed by atoms with Crippen LogP contribution in [0.25, 0.3) is 0 Å². The summed E-state index contributed by atoms with van der Waals surface area (Å²) in [5.41, 5.74) is 0. The Labute approximate surface area is 94.8 Å². The number of thiophene rings is 1. The highest BCUT2D eigenvalue weighted by molar-refractivity contribution is 7.91. The van der Waals surface area contributed by atoms with E-state index >= 15 is 0 Å². The molecule has 0 aliphatic heterocycles. The molecule has 1 heterocycles. The lowest BCUT2D eigenvalue weighted by Crippen LogP contribution is -2.36. The van der Waals surface area contributed by atoms with Gasteiger partial charge in [0.2, 0.25) is 10.0 Å². The van der Waals surface area contributed by atoms with Gasteiger partial charge in [0.15, 0.2) is 0 Å². The van der Waals surface area contributed by atoms with E-state index in [1.165, 1.54) is 11.3 Å². The second-order valence-corrected chi connectivity index (χ2v) is 6.69. The van der Waals surface area contributed by atoms with Gasteiger partial charge < -0.3 is 5.32 Å². The molecule has 0 saturated carbocycles. The molecule has 0 fully saturated rings. The van der Waals surface area contributed by atoms with Crippen molar-refractivity contribution in [1.29, 1.82) is 0 Å². The van der Waals surface area contributed by atoms with E-state index in [-0.39, 0.29) is 6.04 Å². The topological polar surface area (TPSA) is 58.2 Å². The molecule has 1 aromatic heterocycles. The van der Waals surface area contributed by atoms with Crippen molar-refractivity contribution >= 4 is 21.4 Å². The molecule has 15 heavy (non-hydrogen) atoms. The van der Waals surface area contributed by atoms with E-state index in [4.69, 9.17) is 0 Å². The summed E-state index contributed by atoms with van der Waals surface area (Å²) >= 11 is 1.28. The van der Waals surface area contributed by atoms with Gasteiger partial charge in [-0.25, -0.2) is 13.1 Å². The lowest BCUT2D eigenvalue weighted by molar-refractivity contribution is 0.556.